The summed E-state index contributed by atoms with van der Waals surface area (Å²) >= 11 is 0. The van der Waals surface area contributed by atoms with E-state index in [2.05, 4.69) is 51.6 Å². The minimum atomic E-state index is -0.0570. The van der Waals surface area contributed by atoms with Gasteiger partial charge in [-0.1, -0.05) is 26.8 Å². The normalized spacial score (nSPS) is 12.5. The van der Waals surface area contributed by atoms with Crippen LogP contribution in [0.1, 0.15) is 45.2 Å². The van der Waals surface area contributed by atoms with Gasteiger partial charge in [-0.05, 0) is 19.1 Å². The van der Waals surface area contributed by atoms with Crippen LogP contribution in [0.2, 0.25) is 0 Å². The summed E-state index contributed by atoms with van der Waals surface area (Å²) in [7, 11) is 0. The molecule has 8 nitrogen and oxygen atoms in total. The Hall–Kier alpha value is -2.90. The van der Waals surface area contributed by atoms with Gasteiger partial charge in [-0.15, -0.1) is 10.2 Å². The topological polar surface area (TPSA) is 92.6 Å². The fraction of sp³-hybridized carbons (Fsp3) is 0.444. The maximum absolute atomic E-state index is 5.80. The second kappa shape index (κ2) is 7.55. The van der Waals surface area contributed by atoms with Crippen LogP contribution in [0.25, 0.3) is 5.65 Å². The summed E-state index contributed by atoms with van der Waals surface area (Å²) in [5, 5.41) is 14.8. The van der Waals surface area contributed by atoms with Crippen LogP contribution in [0.5, 0.6) is 0 Å². The zero-order chi connectivity index (χ0) is 18.6. The van der Waals surface area contributed by atoms with Crippen molar-refractivity contribution in [2.45, 2.75) is 46.2 Å². The number of aromatic nitrogens is 4. The SMILES string of the molecule is CCNC(=NCc1nnc2ccccn12)NCc1ncc(C(C)(C)C)o1. The lowest BCUT2D eigenvalue weighted by molar-refractivity contribution is 0.379. The molecule has 0 fully saturated rings. The highest BCUT2D eigenvalue weighted by Gasteiger charge is 2.19. The highest BCUT2D eigenvalue weighted by molar-refractivity contribution is 5.79. The lowest BCUT2D eigenvalue weighted by atomic mass is 9.94. The van der Waals surface area contributed by atoms with Crippen molar-refractivity contribution < 1.29 is 4.42 Å². The summed E-state index contributed by atoms with van der Waals surface area (Å²) in [6.07, 6.45) is 3.71. The van der Waals surface area contributed by atoms with Crippen LogP contribution in [-0.4, -0.2) is 32.1 Å². The van der Waals surface area contributed by atoms with Crippen LogP contribution < -0.4 is 10.6 Å². The minimum absolute atomic E-state index is 0.0570. The first-order valence-electron chi connectivity index (χ1n) is 8.73. The molecule has 0 atom stereocenters. The number of rotatable bonds is 5. The molecule has 0 saturated heterocycles. The van der Waals surface area contributed by atoms with Crippen LogP contribution in [0.3, 0.4) is 0 Å². The van der Waals surface area contributed by atoms with E-state index in [9.17, 15) is 0 Å². The number of pyridine rings is 1. The average Bonchev–Trinajstić information content (AvgIpc) is 3.24. The molecule has 0 amide bonds. The Morgan fingerprint density at radius 1 is 1.23 bits per heavy atom. The number of nitrogens with zero attached hydrogens (tertiary/aromatic N) is 5. The maximum Gasteiger partial charge on any atom is 0.213 e. The fourth-order valence-corrected chi connectivity index (χ4v) is 2.39. The van der Waals surface area contributed by atoms with E-state index in [1.165, 1.54) is 0 Å². The zero-order valence-corrected chi connectivity index (χ0v) is 15.7. The van der Waals surface area contributed by atoms with E-state index in [1.54, 1.807) is 6.20 Å². The van der Waals surface area contributed by atoms with Gasteiger partial charge in [0.1, 0.15) is 12.3 Å². The third-order valence-corrected chi connectivity index (χ3v) is 3.81. The summed E-state index contributed by atoms with van der Waals surface area (Å²) in [4.78, 5) is 8.91. The molecule has 0 spiro atoms. The summed E-state index contributed by atoms with van der Waals surface area (Å²) in [5.74, 6) is 2.96. The van der Waals surface area contributed by atoms with Gasteiger partial charge in [-0.2, -0.15) is 0 Å². The second-order valence-corrected chi connectivity index (χ2v) is 6.96. The first-order chi connectivity index (χ1) is 12.5. The molecule has 3 rings (SSSR count). The van der Waals surface area contributed by atoms with E-state index in [-0.39, 0.29) is 5.41 Å². The van der Waals surface area contributed by atoms with E-state index in [0.29, 0.717) is 24.9 Å². The van der Waals surface area contributed by atoms with Gasteiger partial charge in [-0.25, -0.2) is 9.98 Å². The molecule has 3 heterocycles. The first-order valence-corrected chi connectivity index (χ1v) is 8.73. The molecule has 0 aliphatic heterocycles. The van der Waals surface area contributed by atoms with Gasteiger partial charge in [0.15, 0.2) is 17.4 Å². The van der Waals surface area contributed by atoms with Crippen molar-refractivity contribution >= 4 is 11.6 Å². The van der Waals surface area contributed by atoms with Gasteiger partial charge >= 0.3 is 0 Å². The van der Waals surface area contributed by atoms with Crippen molar-refractivity contribution in [3.05, 3.63) is 48.1 Å². The molecule has 0 bridgehead atoms. The number of guanidine groups is 1. The van der Waals surface area contributed by atoms with E-state index in [1.807, 2.05) is 35.7 Å². The van der Waals surface area contributed by atoms with Crippen LogP contribution in [0, 0.1) is 0 Å². The van der Waals surface area contributed by atoms with Crippen LogP contribution in [-0.2, 0) is 18.5 Å². The van der Waals surface area contributed by atoms with Crippen molar-refractivity contribution in [2.75, 3.05) is 6.54 Å². The Bertz CT molecular complexity index is 888. The van der Waals surface area contributed by atoms with Gasteiger partial charge in [-0.3, -0.25) is 4.40 Å². The quantitative estimate of drug-likeness (QED) is 0.539. The zero-order valence-electron chi connectivity index (χ0n) is 15.7. The fourth-order valence-electron chi connectivity index (χ4n) is 2.39. The molecule has 0 saturated carbocycles. The van der Waals surface area contributed by atoms with Crippen molar-refractivity contribution in [1.29, 1.82) is 0 Å². The molecule has 8 heteroatoms. The minimum Gasteiger partial charge on any atom is -0.443 e. The van der Waals surface area contributed by atoms with Gasteiger partial charge in [0.25, 0.3) is 0 Å². The molecular weight excluding hydrogens is 330 g/mol. The predicted molar refractivity (Wildman–Crippen MR) is 99.8 cm³/mol. The molecule has 0 radical (unpaired) electrons. The van der Waals surface area contributed by atoms with E-state index < -0.39 is 0 Å². The van der Waals surface area contributed by atoms with Crippen LogP contribution in [0.15, 0.2) is 40.0 Å². The molecule has 0 aliphatic rings. The van der Waals surface area contributed by atoms with Crippen molar-refractivity contribution in [2.24, 2.45) is 4.99 Å². The van der Waals surface area contributed by atoms with Crippen molar-refractivity contribution in [1.82, 2.24) is 30.2 Å². The summed E-state index contributed by atoms with van der Waals surface area (Å²) < 4.78 is 7.73. The molecule has 0 unspecified atom stereocenters. The molecular formula is C18H25N7O. The van der Waals surface area contributed by atoms with Gasteiger partial charge < -0.3 is 15.1 Å². The molecule has 0 aromatic carbocycles. The maximum atomic E-state index is 5.80. The highest BCUT2D eigenvalue weighted by Crippen LogP contribution is 2.22. The molecule has 3 aromatic heterocycles. The average molecular weight is 355 g/mol. The summed E-state index contributed by atoms with van der Waals surface area (Å²) in [6.45, 7) is 9.94. The number of nitrogens with one attached hydrogen (secondary N) is 2. The summed E-state index contributed by atoms with van der Waals surface area (Å²) in [5.41, 5.74) is 0.753. The molecule has 0 aliphatic carbocycles. The van der Waals surface area contributed by atoms with Crippen LogP contribution >= 0.6 is 0 Å². The lowest BCUT2D eigenvalue weighted by Crippen LogP contribution is -2.36. The van der Waals surface area contributed by atoms with E-state index in [4.69, 9.17) is 4.42 Å². The first kappa shape index (κ1) is 17.9. The van der Waals surface area contributed by atoms with Gasteiger partial charge in [0.2, 0.25) is 5.89 Å². The lowest BCUT2D eigenvalue weighted by Gasteiger charge is -2.13. The monoisotopic (exact) mass is 355 g/mol. The number of aliphatic imine (C=N–C) groups is 1. The molecule has 138 valence electrons. The number of oxazole rings is 1. The molecule has 3 aromatic rings. The Kier molecular flexibility index (Phi) is 5.20. The number of hydrogen-bond donors (Lipinski definition) is 2. The highest BCUT2D eigenvalue weighted by atomic mass is 16.4. The third kappa shape index (κ3) is 4.19. The van der Waals surface area contributed by atoms with Crippen LogP contribution in [0.4, 0.5) is 0 Å². The van der Waals surface area contributed by atoms with Gasteiger partial charge in [0.05, 0.1) is 12.7 Å². The Morgan fingerprint density at radius 3 is 2.81 bits per heavy atom. The van der Waals surface area contributed by atoms with E-state index in [0.717, 1.165) is 23.8 Å². The Balaban J connectivity index is 1.66. The number of fused-ring (bicyclic) bond motifs is 1. The van der Waals surface area contributed by atoms with Crippen molar-refractivity contribution in [3.63, 3.8) is 0 Å². The smallest absolute Gasteiger partial charge is 0.213 e. The second-order valence-electron chi connectivity index (χ2n) is 6.96. The molecule has 2 N–H and O–H groups in total. The number of hydrogen-bond acceptors (Lipinski definition) is 5. The standard InChI is InChI=1S/C18H25N7O/c1-5-19-17(22-12-16-20-10-13(26-16)18(2,3)4)21-11-15-24-23-14-8-6-7-9-25(14)15/h6-10H,5,11-12H2,1-4H3,(H2,19,21,22). The summed E-state index contributed by atoms with van der Waals surface area (Å²) in [6, 6.07) is 5.80. The Labute approximate surface area is 152 Å². The predicted octanol–water partition coefficient (Wildman–Crippen LogP) is 2.27. The van der Waals surface area contributed by atoms with Gasteiger partial charge in [0, 0.05) is 18.2 Å². The molecule has 26 heavy (non-hydrogen) atoms. The Morgan fingerprint density at radius 2 is 2.08 bits per heavy atom. The third-order valence-electron chi connectivity index (χ3n) is 3.81. The largest absolute Gasteiger partial charge is 0.443 e. The van der Waals surface area contributed by atoms with E-state index >= 15 is 0 Å². The van der Waals surface area contributed by atoms with Crippen molar-refractivity contribution in [3.8, 4) is 0 Å².